The lowest BCUT2D eigenvalue weighted by Crippen LogP contribution is -2.47. The molecule has 1 heterocycles. The Balaban J connectivity index is 1.87. The van der Waals surface area contributed by atoms with Crippen molar-refractivity contribution in [2.24, 2.45) is 5.92 Å². The molecule has 2 aromatic carbocycles. The summed E-state index contributed by atoms with van der Waals surface area (Å²) in [7, 11) is 0. The number of anilines is 1. The fraction of sp³-hybridized carbons (Fsp3) is 0.333. The number of carbonyl (C=O) groups is 2. The zero-order valence-corrected chi connectivity index (χ0v) is 19.5. The van der Waals surface area contributed by atoms with Gasteiger partial charge in [0.1, 0.15) is 6.04 Å². The predicted molar refractivity (Wildman–Crippen MR) is 125 cm³/mol. The van der Waals surface area contributed by atoms with Crippen LogP contribution in [0.1, 0.15) is 55.4 Å². The molecule has 2 N–H and O–H groups in total. The maximum Gasteiger partial charge on any atom is 0.260 e. The second-order valence-corrected chi connectivity index (χ2v) is 8.68. The van der Waals surface area contributed by atoms with Gasteiger partial charge in [-0.3, -0.25) is 9.59 Å². The lowest BCUT2D eigenvalue weighted by Gasteiger charge is -2.23. The molecule has 7 nitrogen and oxygen atoms in total. The third kappa shape index (κ3) is 5.16. The van der Waals surface area contributed by atoms with Crippen LogP contribution in [-0.4, -0.2) is 28.0 Å². The Kier molecular flexibility index (Phi) is 7.30. The van der Waals surface area contributed by atoms with Crippen LogP contribution in [0.3, 0.4) is 0 Å². The van der Waals surface area contributed by atoms with E-state index in [1.165, 1.54) is 0 Å². The van der Waals surface area contributed by atoms with E-state index in [0.29, 0.717) is 33.6 Å². The van der Waals surface area contributed by atoms with Crippen LogP contribution in [0.4, 0.5) is 5.69 Å². The number of para-hydroxylation sites is 1. The van der Waals surface area contributed by atoms with Gasteiger partial charge in [-0.2, -0.15) is 4.98 Å². The second kappa shape index (κ2) is 9.96. The van der Waals surface area contributed by atoms with E-state index < -0.39 is 11.9 Å². The first-order chi connectivity index (χ1) is 15.2. The van der Waals surface area contributed by atoms with E-state index >= 15 is 0 Å². The number of nitrogens with zero attached hydrogens (tertiary/aromatic N) is 2. The van der Waals surface area contributed by atoms with Crippen molar-refractivity contribution in [2.45, 2.75) is 46.6 Å². The number of hydrogen-bond acceptors (Lipinski definition) is 5. The molecule has 0 spiro atoms. The van der Waals surface area contributed by atoms with E-state index in [9.17, 15) is 9.59 Å². The van der Waals surface area contributed by atoms with Gasteiger partial charge in [-0.15, -0.1) is 0 Å². The minimum Gasteiger partial charge on any atom is -0.340 e. The highest BCUT2D eigenvalue weighted by Crippen LogP contribution is 2.31. The Morgan fingerprint density at radius 3 is 2.38 bits per heavy atom. The maximum absolute atomic E-state index is 13.2. The van der Waals surface area contributed by atoms with Crippen LogP contribution >= 0.6 is 11.6 Å². The minimum atomic E-state index is -0.778. The number of amides is 2. The topological polar surface area (TPSA) is 97.1 Å². The summed E-state index contributed by atoms with van der Waals surface area (Å²) >= 11 is 6.14. The smallest absolute Gasteiger partial charge is 0.260 e. The number of hydrogen-bond donors (Lipinski definition) is 2. The summed E-state index contributed by atoms with van der Waals surface area (Å²) in [4.78, 5) is 30.4. The quantitative estimate of drug-likeness (QED) is 0.510. The summed E-state index contributed by atoms with van der Waals surface area (Å²) < 4.78 is 5.44. The van der Waals surface area contributed by atoms with Crippen LogP contribution in [-0.2, 0) is 4.79 Å². The summed E-state index contributed by atoms with van der Waals surface area (Å²) in [6.45, 7) is 9.56. The van der Waals surface area contributed by atoms with Gasteiger partial charge >= 0.3 is 0 Å². The summed E-state index contributed by atoms with van der Waals surface area (Å²) in [6.07, 6.45) is 0. The third-order valence-electron chi connectivity index (χ3n) is 5.06. The van der Waals surface area contributed by atoms with Crippen molar-refractivity contribution in [2.75, 3.05) is 5.32 Å². The Labute approximate surface area is 192 Å². The predicted octanol–water partition coefficient (Wildman–Crippen LogP) is 5.21. The number of benzene rings is 2. The van der Waals surface area contributed by atoms with Crippen LogP contribution < -0.4 is 10.6 Å². The minimum absolute atomic E-state index is 0.112. The fourth-order valence-corrected chi connectivity index (χ4v) is 3.41. The van der Waals surface area contributed by atoms with Crippen molar-refractivity contribution in [1.82, 2.24) is 15.5 Å². The van der Waals surface area contributed by atoms with Crippen LogP contribution in [0, 0.1) is 12.8 Å². The molecule has 0 aliphatic rings. The number of halogens is 1. The molecule has 1 atom stereocenters. The molecule has 0 bridgehead atoms. The molecule has 32 heavy (non-hydrogen) atoms. The number of carbonyl (C=O) groups excluding carboxylic acids is 2. The molecule has 3 aromatic rings. The molecular weight excluding hydrogens is 428 g/mol. The van der Waals surface area contributed by atoms with Gasteiger partial charge in [0.15, 0.2) is 5.82 Å². The highest BCUT2D eigenvalue weighted by Gasteiger charge is 2.27. The number of nitrogens with one attached hydrogen (secondary N) is 2. The Morgan fingerprint density at radius 1 is 1.03 bits per heavy atom. The molecule has 2 amide bonds. The first-order valence-electron chi connectivity index (χ1n) is 10.5. The summed E-state index contributed by atoms with van der Waals surface area (Å²) in [5.74, 6) is 0.109. The van der Waals surface area contributed by atoms with Crippen molar-refractivity contribution in [3.8, 4) is 11.5 Å². The molecule has 0 saturated heterocycles. The van der Waals surface area contributed by atoms with Crippen molar-refractivity contribution >= 4 is 29.1 Å². The number of rotatable bonds is 7. The number of aryl methyl sites for hydroxylation is 1. The molecule has 0 radical (unpaired) electrons. The lowest BCUT2D eigenvalue weighted by molar-refractivity contribution is -0.118. The van der Waals surface area contributed by atoms with Crippen LogP contribution in [0.25, 0.3) is 11.5 Å². The first kappa shape index (κ1) is 23.5. The highest BCUT2D eigenvalue weighted by atomic mass is 35.5. The average Bonchev–Trinajstić information content (AvgIpc) is 3.23. The van der Waals surface area contributed by atoms with E-state index in [-0.39, 0.29) is 17.7 Å². The van der Waals surface area contributed by atoms with Crippen molar-refractivity contribution in [3.63, 3.8) is 0 Å². The lowest BCUT2D eigenvalue weighted by atomic mass is 10.0. The van der Waals surface area contributed by atoms with Gasteiger partial charge in [-0.25, -0.2) is 0 Å². The zero-order chi connectivity index (χ0) is 23.4. The van der Waals surface area contributed by atoms with Gasteiger partial charge in [-0.05, 0) is 36.6 Å². The fourth-order valence-electron chi connectivity index (χ4n) is 3.19. The summed E-state index contributed by atoms with van der Waals surface area (Å²) in [5.41, 5.74) is 2.34. The summed E-state index contributed by atoms with van der Waals surface area (Å²) in [6, 6.07) is 11.5. The summed E-state index contributed by atoms with van der Waals surface area (Å²) in [5, 5.41) is 10.1. The van der Waals surface area contributed by atoms with Crippen molar-refractivity contribution in [1.29, 1.82) is 0 Å². The zero-order valence-electron chi connectivity index (χ0n) is 18.8. The van der Waals surface area contributed by atoms with Gasteiger partial charge in [0.2, 0.25) is 5.91 Å². The average molecular weight is 455 g/mol. The van der Waals surface area contributed by atoms with E-state index in [4.69, 9.17) is 16.1 Å². The Morgan fingerprint density at radius 2 is 1.75 bits per heavy atom. The van der Waals surface area contributed by atoms with Gasteiger partial charge in [0, 0.05) is 5.92 Å². The molecule has 0 saturated carbocycles. The number of aromatic nitrogens is 2. The molecule has 1 unspecified atom stereocenters. The van der Waals surface area contributed by atoms with Gasteiger partial charge in [-0.1, -0.05) is 68.7 Å². The standard InChI is InChI=1S/C24H27ClN4O3/c1-13(2)19(26-22(30)16-10-6-7-12-18(16)25)23(31)27-20-15(5)9-8-11-17(20)24-28-21(14(3)4)29-32-24/h6-14,19H,1-5H3,(H,26,30)(H,27,31). The maximum atomic E-state index is 13.2. The normalized spacial score (nSPS) is 12.1. The molecule has 1 aromatic heterocycles. The SMILES string of the molecule is Cc1cccc(-c2nc(C(C)C)no2)c1NC(=O)C(NC(=O)c1ccccc1Cl)C(C)C. The van der Waals surface area contributed by atoms with E-state index in [1.807, 2.05) is 52.8 Å². The van der Waals surface area contributed by atoms with Gasteiger partial charge in [0.25, 0.3) is 11.8 Å². The van der Waals surface area contributed by atoms with Crippen LogP contribution in [0.15, 0.2) is 47.0 Å². The van der Waals surface area contributed by atoms with E-state index in [1.54, 1.807) is 24.3 Å². The molecule has 0 fully saturated rings. The first-order valence-corrected chi connectivity index (χ1v) is 10.9. The molecule has 168 valence electrons. The Hall–Kier alpha value is -3.19. The van der Waals surface area contributed by atoms with Crippen molar-refractivity contribution in [3.05, 3.63) is 64.4 Å². The molecule has 0 aliphatic carbocycles. The van der Waals surface area contributed by atoms with Crippen molar-refractivity contribution < 1.29 is 14.1 Å². The molecule has 8 heteroatoms. The van der Waals surface area contributed by atoms with Crippen LogP contribution in [0.5, 0.6) is 0 Å². The molecule has 3 rings (SSSR count). The van der Waals surface area contributed by atoms with E-state index in [0.717, 1.165) is 5.56 Å². The monoisotopic (exact) mass is 454 g/mol. The van der Waals surface area contributed by atoms with E-state index in [2.05, 4.69) is 20.8 Å². The van der Waals surface area contributed by atoms with Crippen LogP contribution in [0.2, 0.25) is 5.02 Å². The van der Waals surface area contributed by atoms with Gasteiger partial charge < -0.3 is 15.2 Å². The third-order valence-corrected chi connectivity index (χ3v) is 5.39. The molecular formula is C24H27ClN4O3. The van der Waals surface area contributed by atoms with Gasteiger partial charge in [0.05, 0.1) is 21.8 Å². The largest absolute Gasteiger partial charge is 0.340 e. The molecule has 0 aliphatic heterocycles. The Bertz CT molecular complexity index is 1120. The highest BCUT2D eigenvalue weighted by molar-refractivity contribution is 6.33. The second-order valence-electron chi connectivity index (χ2n) is 8.27.